The number of amidine groups is 1. The number of amides is 3. The van der Waals surface area contributed by atoms with Crippen LogP contribution in [0.1, 0.15) is 5.56 Å². The minimum absolute atomic E-state index is 0.170. The molecule has 2 aromatic carbocycles. The van der Waals surface area contributed by atoms with E-state index in [2.05, 4.69) is 16.0 Å². The third kappa shape index (κ3) is 8.40. The maximum absolute atomic E-state index is 12.4. The Kier molecular flexibility index (Phi) is 8.22. The molecule has 0 fully saturated rings. The Morgan fingerprint density at radius 2 is 1.53 bits per heavy atom. The van der Waals surface area contributed by atoms with Gasteiger partial charge in [-0.2, -0.15) is 0 Å². The van der Waals surface area contributed by atoms with Crippen LogP contribution in [0.4, 0.5) is 10.5 Å². The Morgan fingerprint density at radius 1 is 1.00 bits per heavy atom. The quantitative estimate of drug-likeness (QED) is 0.366. The number of hydrogen-bond acceptors (Lipinski definition) is 5. The zero-order valence-corrected chi connectivity index (χ0v) is 18.2. The lowest BCUT2D eigenvalue weighted by Crippen LogP contribution is -2.51. The average molecular weight is 471 g/mol. The van der Waals surface area contributed by atoms with Gasteiger partial charge in [0.1, 0.15) is 11.6 Å². The normalized spacial score (nSPS) is 12.0. The van der Waals surface area contributed by atoms with Gasteiger partial charge in [0.15, 0.2) is 9.84 Å². The first-order chi connectivity index (χ1) is 14.0. The summed E-state index contributed by atoms with van der Waals surface area (Å²) in [4.78, 5) is 24.3. The van der Waals surface area contributed by atoms with Crippen LogP contribution >= 0.6 is 23.2 Å². The van der Waals surface area contributed by atoms with E-state index in [9.17, 15) is 18.0 Å². The second kappa shape index (κ2) is 10.4. The Labute approximate surface area is 184 Å². The smallest absolute Gasteiger partial charge is 0.319 e. The molecule has 0 aromatic heterocycles. The fourth-order valence-electron chi connectivity index (χ4n) is 2.45. The minimum atomic E-state index is -3.56. The summed E-state index contributed by atoms with van der Waals surface area (Å²) in [6.45, 7) is 0. The number of sulfone groups is 1. The third-order valence-electron chi connectivity index (χ3n) is 3.78. The first-order valence-electron chi connectivity index (χ1n) is 8.65. The molecule has 0 heterocycles. The summed E-state index contributed by atoms with van der Waals surface area (Å²) in [6.07, 6.45) is 1.09. The molecule has 1 atom stereocenters. The van der Waals surface area contributed by atoms with E-state index < -0.39 is 33.6 Å². The number of nitrogens with one attached hydrogen (secondary N) is 4. The number of urea groups is 1. The molecule has 0 bridgehead atoms. The van der Waals surface area contributed by atoms with E-state index in [1.807, 2.05) is 0 Å². The molecule has 11 heteroatoms. The van der Waals surface area contributed by atoms with E-state index in [4.69, 9.17) is 28.6 Å². The number of carbonyl (C=O) groups excluding carboxylic acids is 2. The maximum atomic E-state index is 12.4. The molecular weight excluding hydrogens is 451 g/mol. The van der Waals surface area contributed by atoms with Gasteiger partial charge in [0.05, 0.1) is 6.04 Å². The maximum Gasteiger partial charge on any atom is 0.319 e. The molecule has 0 spiro atoms. The highest BCUT2D eigenvalue weighted by molar-refractivity contribution is 7.91. The Hall–Kier alpha value is -2.62. The van der Waals surface area contributed by atoms with Crippen LogP contribution < -0.4 is 16.0 Å². The zero-order chi connectivity index (χ0) is 22.3. The molecule has 1 unspecified atom stereocenters. The highest BCUT2D eigenvalue weighted by Crippen LogP contribution is 2.14. The number of hydrogen-bond donors (Lipinski definition) is 4. The van der Waals surface area contributed by atoms with Gasteiger partial charge in [0, 0.05) is 22.0 Å². The van der Waals surface area contributed by atoms with Crippen molar-refractivity contribution in [1.82, 2.24) is 10.6 Å². The molecule has 0 radical (unpaired) electrons. The van der Waals surface area contributed by atoms with Crippen LogP contribution in [0.5, 0.6) is 0 Å². The molecule has 0 saturated heterocycles. The number of rotatable bonds is 7. The monoisotopic (exact) mass is 470 g/mol. The first kappa shape index (κ1) is 23.7. The van der Waals surface area contributed by atoms with Crippen LogP contribution in [0.3, 0.4) is 0 Å². The van der Waals surface area contributed by atoms with Crippen molar-refractivity contribution in [3.05, 3.63) is 64.1 Å². The SMILES string of the molecule is CS(=O)(=O)CC(=O)NC(=N)C(Cc1ccc(Cl)cc1)NC(=O)Nc1ccc(Cl)cc1. The van der Waals surface area contributed by atoms with E-state index in [-0.39, 0.29) is 12.3 Å². The Morgan fingerprint density at radius 3 is 2.07 bits per heavy atom. The highest BCUT2D eigenvalue weighted by atomic mass is 35.5. The molecule has 2 aromatic rings. The molecule has 0 aliphatic carbocycles. The van der Waals surface area contributed by atoms with Crippen LogP contribution in [0.25, 0.3) is 0 Å². The molecule has 8 nitrogen and oxygen atoms in total. The predicted molar refractivity (Wildman–Crippen MR) is 118 cm³/mol. The standard InChI is InChI=1S/C19H20Cl2N4O4S/c1-30(28,29)11-17(26)25-18(22)16(10-12-2-4-13(20)5-3-12)24-19(27)23-15-8-6-14(21)7-9-15/h2-9,16H,10-11H2,1H3,(H2,22,25,26)(H2,23,24,27). The fourth-order valence-corrected chi connectivity index (χ4v) is 3.25. The van der Waals surface area contributed by atoms with Crippen molar-refractivity contribution in [2.24, 2.45) is 0 Å². The molecule has 4 N–H and O–H groups in total. The molecule has 2 rings (SSSR count). The van der Waals surface area contributed by atoms with Gasteiger partial charge in [-0.05, 0) is 48.4 Å². The van der Waals surface area contributed by atoms with Gasteiger partial charge in [-0.3, -0.25) is 10.2 Å². The summed E-state index contributed by atoms with van der Waals surface area (Å²) in [7, 11) is -3.56. The van der Waals surface area contributed by atoms with Crippen molar-refractivity contribution in [1.29, 1.82) is 5.41 Å². The number of benzene rings is 2. The lowest BCUT2D eigenvalue weighted by molar-refractivity contribution is -0.117. The van der Waals surface area contributed by atoms with Gasteiger partial charge >= 0.3 is 6.03 Å². The van der Waals surface area contributed by atoms with E-state index in [1.165, 1.54) is 0 Å². The lowest BCUT2D eigenvalue weighted by atomic mass is 10.0. The Balaban J connectivity index is 2.11. The molecule has 3 amide bonds. The van der Waals surface area contributed by atoms with Gasteiger partial charge < -0.3 is 16.0 Å². The van der Waals surface area contributed by atoms with Crippen molar-refractivity contribution >= 4 is 56.5 Å². The van der Waals surface area contributed by atoms with E-state index in [1.54, 1.807) is 48.5 Å². The predicted octanol–water partition coefficient (Wildman–Crippen LogP) is 2.86. The van der Waals surface area contributed by atoms with E-state index >= 15 is 0 Å². The average Bonchev–Trinajstić information content (AvgIpc) is 2.63. The summed E-state index contributed by atoms with van der Waals surface area (Å²) in [6, 6.07) is 11.7. The second-order valence-corrected chi connectivity index (χ2v) is 9.53. The highest BCUT2D eigenvalue weighted by Gasteiger charge is 2.21. The summed E-state index contributed by atoms with van der Waals surface area (Å²) in [5.74, 6) is -1.96. The topological polar surface area (TPSA) is 128 Å². The van der Waals surface area contributed by atoms with Crippen LogP contribution in [0, 0.1) is 5.41 Å². The molecule has 0 aliphatic rings. The van der Waals surface area contributed by atoms with E-state index in [0.29, 0.717) is 15.7 Å². The molecular formula is C19H20Cl2N4O4S. The molecule has 30 heavy (non-hydrogen) atoms. The zero-order valence-electron chi connectivity index (χ0n) is 15.9. The van der Waals surface area contributed by atoms with Gasteiger partial charge in [0.2, 0.25) is 5.91 Å². The largest absolute Gasteiger partial charge is 0.328 e. The van der Waals surface area contributed by atoms with Crippen molar-refractivity contribution in [2.75, 3.05) is 17.3 Å². The van der Waals surface area contributed by atoms with Gasteiger partial charge in [-0.25, -0.2) is 13.2 Å². The summed E-state index contributed by atoms with van der Waals surface area (Å²) >= 11 is 11.7. The third-order valence-corrected chi connectivity index (χ3v) is 5.07. The van der Waals surface area contributed by atoms with Gasteiger partial charge in [0.25, 0.3) is 0 Å². The lowest BCUT2D eigenvalue weighted by Gasteiger charge is -2.21. The van der Waals surface area contributed by atoms with Crippen molar-refractivity contribution in [3.63, 3.8) is 0 Å². The minimum Gasteiger partial charge on any atom is -0.328 e. The second-order valence-electron chi connectivity index (χ2n) is 6.52. The van der Waals surface area contributed by atoms with Crippen LogP contribution in [0.2, 0.25) is 10.0 Å². The molecule has 160 valence electrons. The molecule has 0 saturated carbocycles. The first-order valence-corrected chi connectivity index (χ1v) is 11.5. The van der Waals surface area contributed by atoms with Crippen molar-refractivity contribution in [3.8, 4) is 0 Å². The summed E-state index contributed by atoms with van der Waals surface area (Å²) < 4.78 is 22.6. The Bertz CT molecular complexity index is 1030. The van der Waals surface area contributed by atoms with Gasteiger partial charge in [-0.15, -0.1) is 0 Å². The van der Waals surface area contributed by atoms with E-state index in [0.717, 1.165) is 11.8 Å². The van der Waals surface area contributed by atoms with Crippen molar-refractivity contribution in [2.45, 2.75) is 12.5 Å². The van der Waals surface area contributed by atoms with Crippen LogP contribution in [-0.2, 0) is 21.1 Å². The number of carbonyl (C=O) groups is 2. The van der Waals surface area contributed by atoms with Gasteiger partial charge in [-0.1, -0.05) is 35.3 Å². The van der Waals surface area contributed by atoms with Crippen molar-refractivity contribution < 1.29 is 18.0 Å². The fraction of sp³-hybridized carbons (Fsp3) is 0.211. The summed E-state index contributed by atoms with van der Waals surface area (Å²) in [5, 5.41) is 16.6. The van der Waals surface area contributed by atoms with Crippen LogP contribution in [0.15, 0.2) is 48.5 Å². The number of anilines is 1. The summed E-state index contributed by atoms with van der Waals surface area (Å²) in [5.41, 5.74) is 1.23. The molecule has 0 aliphatic heterocycles. The van der Waals surface area contributed by atoms with Crippen LogP contribution in [-0.4, -0.2) is 44.2 Å². The number of halogens is 2.